The van der Waals surface area contributed by atoms with Gasteiger partial charge in [0.25, 0.3) is 0 Å². The lowest BCUT2D eigenvalue weighted by atomic mass is 9.92. The van der Waals surface area contributed by atoms with Gasteiger partial charge in [0.2, 0.25) is 0 Å². The standard InChI is InChI=1S/C22H21F2N5O/c1-10-17(14-8-13(23)7-12-5-6-25-18(12)14)15(24)9-16-19(10)29-20(11(2)30)27-28-21(29)22(3,4)26-16/h5-9,11,25-26,30H,1-4H3. The molecule has 0 saturated carbocycles. The van der Waals surface area contributed by atoms with Crippen molar-refractivity contribution in [2.45, 2.75) is 39.3 Å². The van der Waals surface area contributed by atoms with E-state index in [2.05, 4.69) is 20.5 Å². The second-order valence-electron chi connectivity index (χ2n) is 8.29. The largest absolute Gasteiger partial charge is 0.385 e. The van der Waals surface area contributed by atoms with Crippen LogP contribution in [0.15, 0.2) is 30.5 Å². The van der Waals surface area contributed by atoms with Crippen LogP contribution in [0.5, 0.6) is 0 Å². The Morgan fingerprint density at radius 2 is 1.93 bits per heavy atom. The molecule has 0 amide bonds. The quantitative estimate of drug-likeness (QED) is 0.448. The topological polar surface area (TPSA) is 78.8 Å². The molecule has 3 N–H and O–H groups in total. The SMILES string of the molecule is Cc1c(-c2cc(F)cc3cc[nH]c23)c(F)cc2c1-n1c(C(C)O)nnc1C(C)(C)N2. The third-order valence-electron chi connectivity index (χ3n) is 5.68. The van der Waals surface area contributed by atoms with Crippen molar-refractivity contribution < 1.29 is 13.9 Å². The number of nitrogens with one attached hydrogen (secondary N) is 2. The van der Waals surface area contributed by atoms with E-state index in [0.29, 0.717) is 50.6 Å². The van der Waals surface area contributed by atoms with Gasteiger partial charge in [0.1, 0.15) is 17.7 Å². The van der Waals surface area contributed by atoms with Crippen LogP contribution in [0.3, 0.4) is 0 Å². The first-order chi connectivity index (χ1) is 14.2. The van der Waals surface area contributed by atoms with Crippen molar-refractivity contribution in [3.63, 3.8) is 0 Å². The first kappa shape index (κ1) is 18.7. The molecule has 154 valence electrons. The number of fused-ring (bicyclic) bond motifs is 4. The Labute approximate surface area is 171 Å². The molecule has 0 saturated heterocycles. The van der Waals surface area contributed by atoms with Crippen molar-refractivity contribution >= 4 is 16.6 Å². The first-order valence-corrected chi connectivity index (χ1v) is 9.71. The number of aromatic nitrogens is 4. The van der Waals surface area contributed by atoms with E-state index in [9.17, 15) is 9.50 Å². The van der Waals surface area contributed by atoms with Gasteiger partial charge in [-0.15, -0.1) is 10.2 Å². The van der Waals surface area contributed by atoms with Gasteiger partial charge in [-0.25, -0.2) is 8.78 Å². The van der Waals surface area contributed by atoms with Crippen molar-refractivity contribution in [1.82, 2.24) is 19.7 Å². The molecule has 0 radical (unpaired) electrons. The second kappa shape index (κ2) is 6.12. The molecule has 4 aromatic rings. The van der Waals surface area contributed by atoms with E-state index in [1.807, 2.05) is 13.8 Å². The summed E-state index contributed by atoms with van der Waals surface area (Å²) in [6.07, 6.45) is 0.831. The zero-order chi connectivity index (χ0) is 21.4. The molecule has 3 heterocycles. The average molecular weight is 409 g/mol. The number of H-pyrrole nitrogens is 1. The number of rotatable bonds is 2. The van der Waals surface area contributed by atoms with Crippen molar-refractivity contribution in [2.24, 2.45) is 0 Å². The molecule has 0 bridgehead atoms. The number of benzene rings is 2. The molecule has 1 atom stereocenters. The summed E-state index contributed by atoms with van der Waals surface area (Å²) >= 11 is 0. The number of hydrogen-bond acceptors (Lipinski definition) is 4. The summed E-state index contributed by atoms with van der Waals surface area (Å²) < 4.78 is 31.5. The number of aromatic amines is 1. The summed E-state index contributed by atoms with van der Waals surface area (Å²) in [6, 6.07) is 5.91. The van der Waals surface area contributed by atoms with Crippen LogP contribution < -0.4 is 5.32 Å². The van der Waals surface area contributed by atoms with E-state index >= 15 is 4.39 Å². The lowest BCUT2D eigenvalue weighted by Gasteiger charge is -2.35. The Balaban J connectivity index is 1.87. The second-order valence-corrected chi connectivity index (χ2v) is 8.29. The summed E-state index contributed by atoms with van der Waals surface area (Å²) in [6.45, 7) is 7.23. The molecule has 0 fully saturated rings. The van der Waals surface area contributed by atoms with Crippen molar-refractivity contribution in [3.8, 4) is 16.8 Å². The normalized spacial score (nSPS) is 15.6. The summed E-state index contributed by atoms with van der Waals surface area (Å²) in [4.78, 5) is 3.08. The van der Waals surface area contributed by atoms with Gasteiger partial charge in [0.15, 0.2) is 11.6 Å². The molecule has 0 aliphatic carbocycles. The van der Waals surface area contributed by atoms with Crippen molar-refractivity contribution in [1.29, 1.82) is 0 Å². The van der Waals surface area contributed by atoms with Gasteiger partial charge in [-0.05, 0) is 57.5 Å². The number of anilines is 1. The van der Waals surface area contributed by atoms with Crippen LogP contribution in [0.25, 0.3) is 27.7 Å². The third-order valence-corrected chi connectivity index (χ3v) is 5.68. The minimum absolute atomic E-state index is 0.290. The van der Waals surface area contributed by atoms with Crippen molar-refractivity contribution in [2.75, 3.05) is 5.32 Å². The van der Waals surface area contributed by atoms with Crippen LogP contribution >= 0.6 is 0 Å². The van der Waals surface area contributed by atoms with Gasteiger partial charge in [-0.3, -0.25) is 4.57 Å². The highest BCUT2D eigenvalue weighted by Gasteiger charge is 2.37. The molecule has 1 unspecified atom stereocenters. The maximum Gasteiger partial charge on any atom is 0.166 e. The smallest absolute Gasteiger partial charge is 0.166 e. The highest BCUT2D eigenvalue weighted by Crippen LogP contribution is 2.44. The molecule has 2 aromatic carbocycles. The minimum Gasteiger partial charge on any atom is -0.385 e. The predicted octanol–water partition coefficient (Wildman–Crippen LogP) is 4.72. The number of aliphatic hydroxyl groups is 1. The molecule has 5 rings (SSSR count). The summed E-state index contributed by atoms with van der Waals surface area (Å²) in [7, 11) is 0. The van der Waals surface area contributed by atoms with E-state index in [-0.39, 0.29) is 0 Å². The lowest BCUT2D eigenvalue weighted by Crippen LogP contribution is -2.36. The summed E-state index contributed by atoms with van der Waals surface area (Å²) in [5, 5.41) is 22.7. The maximum absolute atomic E-state index is 15.4. The zero-order valence-electron chi connectivity index (χ0n) is 17.0. The average Bonchev–Trinajstić information content (AvgIpc) is 3.28. The third kappa shape index (κ3) is 2.50. The summed E-state index contributed by atoms with van der Waals surface area (Å²) in [5.41, 5.74) is 2.56. The van der Waals surface area contributed by atoms with Crippen LogP contribution in [0.2, 0.25) is 0 Å². The molecular weight excluding hydrogens is 388 g/mol. The molecule has 8 heteroatoms. The van der Waals surface area contributed by atoms with Gasteiger partial charge in [-0.2, -0.15) is 0 Å². The van der Waals surface area contributed by atoms with E-state index in [1.54, 1.807) is 30.7 Å². The molecule has 6 nitrogen and oxygen atoms in total. The van der Waals surface area contributed by atoms with Crippen LogP contribution in [0.1, 0.15) is 44.1 Å². The molecule has 0 spiro atoms. The molecule has 1 aliphatic rings. The maximum atomic E-state index is 15.4. The molecule has 2 aromatic heterocycles. The highest BCUT2D eigenvalue weighted by molar-refractivity contribution is 5.96. The molecule has 1 aliphatic heterocycles. The van der Waals surface area contributed by atoms with Crippen LogP contribution in [-0.2, 0) is 5.54 Å². The van der Waals surface area contributed by atoms with Crippen LogP contribution in [-0.4, -0.2) is 24.9 Å². The fourth-order valence-electron chi connectivity index (χ4n) is 4.40. The molecular formula is C22H21F2N5O. The number of hydrogen-bond donors (Lipinski definition) is 3. The number of nitrogens with zero attached hydrogens (tertiary/aromatic N) is 3. The van der Waals surface area contributed by atoms with Gasteiger partial charge in [-0.1, -0.05) is 0 Å². The Hall–Kier alpha value is -3.26. The Morgan fingerprint density at radius 1 is 1.17 bits per heavy atom. The van der Waals surface area contributed by atoms with E-state index in [0.717, 1.165) is 0 Å². The van der Waals surface area contributed by atoms with Gasteiger partial charge in [0.05, 0.1) is 22.4 Å². The Kier molecular flexibility index (Phi) is 3.82. The Bertz CT molecular complexity index is 1320. The first-order valence-electron chi connectivity index (χ1n) is 9.71. The summed E-state index contributed by atoms with van der Waals surface area (Å²) in [5.74, 6) is 0.0651. The molecule has 30 heavy (non-hydrogen) atoms. The van der Waals surface area contributed by atoms with E-state index in [4.69, 9.17) is 0 Å². The zero-order valence-corrected chi connectivity index (χ0v) is 17.0. The highest BCUT2D eigenvalue weighted by atomic mass is 19.1. The number of aliphatic hydroxyl groups excluding tert-OH is 1. The van der Waals surface area contributed by atoms with E-state index in [1.165, 1.54) is 18.2 Å². The van der Waals surface area contributed by atoms with Crippen LogP contribution in [0.4, 0.5) is 14.5 Å². The Morgan fingerprint density at radius 3 is 2.67 bits per heavy atom. The fraction of sp³-hybridized carbons (Fsp3) is 0.273. The van der Waals surface area contributed by atoms with Gasteiger partial charge in [0, 0.05) is 22.7 Å². The monoisotopic (exact) mass is 409 g/mol. The predicted molar refractivity (Wildman–Crippen MR) is 111 cm³/mol. The van der Waals surface area contributed by atoms with Gasteiger partial charge >= 0.3 is 0 Å². The van der Waals surface area contributed by atoms with Crippen molar-refractivity contribution in [3.05, 3.63) is 59.3 Å². The van der Waals surface area contributed by atoms with Crippen LogP contribution in [0, 0.1) is 18.6 Å². The lowest BCUT2D eigenvalue weighted by molar-refractivity contribution is 0.186. The minimum atomic E-state index is -0.870. The van der Waals surface area contributed by atoms with E-state index < -0.39 is 23.3 Å². The number of halogens is 2. The fourth-order valence-corrected chi connectivity index (χ4v) is 4.40. The van der Waals surface area contributed by atoms with Gasteiger partial charge < -0.3 is 15.4 Å².